The van der Waals surface area contributed by atoms with Crippen LogP contribution in [0.4, 0.5) is 0 Å². The van der Waals surface area contributed by atoms with Gasteiger partial charge in [0.1, 0.15) is 11.6 Å². The largest absolute Gasteiger partial charge is 0.507 e. The van der Waals surface area contributed by atoms with Crippen LogP contribution >= 0.6 is 23.2 Å². The molecular weight excluding hydrogens is 323 g/mol. The van der Waals surface area contributed by atoms with Gasteiger partial charge < -0.3 is 10.1 Å². The van der Waals surface area contributed by atoms with Crippen molar-refractivity contribution in [1.29, 1.82) is 0 Å². The summed E-state index contributed by atoms with van der Waals surface area (Å²) in [5, 5.41) is 11.5. The van der Waals surface area contributed by atoms with Crippen molar-refractivity contribution in [2.75, 3.05) is 0 Å². The molecule has 110 valence electrons. The number of aliphatic hydroxyl groups excluding tert-OH is 1. The smallest absolute Gasteiger partial charge is 0.259 e. The third-order valence-corrected chi connectivity index (χ3v) is 3.66. The highest BCUT2D eigenvalue weighted by Crippen LogP contribution is 2.26. The first kappa shape index (κ1) is 14.6. The molecule has 0 aliphatic heterocycles. The summed E-state index contributed by atoms with van der Waals surface area (Å²) in [6, 6.07) is 11.7. The second-order valence-corrected chi connectivity index (χ2v) is 5.47. The molecule has 0 bridgehead atoms. The molecule has 0 atom stereocenters. The lowest BCUT2D eigenvalue weighted by Crippen LogP contribution is -2.09. The van der Waals surface area contributed by atoms with E-state index in [2.05, 4.69) is 9.97 Å². The number of para-hydroxylation sites is 1. The van der Waals surface area contributed by atoms with Gasteiger partial charge in [-0.3, -0.25) is 4.79 Å². The highest BCUT2D eigenvalue weighted by Gasteiger charge is 2.08. The van der Waals surface area contributed by atoms with Crippen LogP contribution in [0.1, 0.15) is 11.4 Å². The van der Waals surface area contributed by atoms with Crippen LogP contribution in [-0.2, 0) is 0 Å². The van der Waals surface area contributed by atoms with E-state index in [1.165, 1.54) is 12.1 Å². The summed E-state index contributed by atoms with van der Waals surface area (Å²) >= 11 is 11.9. The molecule has 2 N–H and O–H groups in total. The van der Waals surface area contributed by atoms with Crippen LogP contribution in [-0.4, -0.2) is 15.1 Å². The number of H-pyrrole nitrogens is 1. The highest BCUT2D eigenvalue weighted by atomic mass is 35.5. The van der Waals surface area contributed by atoms with Gasteiger partial charge in [-0.05, 0) is 30.3 Å². The third kappa shape index (κ3) is 2.84. The maximum Gasteiger partial charge on any atom is 0.259 e. The number of rotatable bonds is 2. The van der Waals surface area contributed by atoms with E-state index in [9.17, 15) is 9.90 Å². The molecule has 0 fully saturated rings. The average Bonchev–Trinajstić information content (AvgIpc) is 2.47. The molecule has 0 saturated carbocycles. The summed E-state index contributed by atoms with van der Waals surface area (Å²) in [6.45, 7) is 0. The molecule has 0 saturated heterocycles. The van der Waals surface area contributed by atoms with E-state index in [1.807, 2.05) is 0 Å². The molecule has 2 aromatic carbocycles. The van der Waals surface area contributed by atoms with Crippen molar-refractivity contribution in [3.05, 3.63) is 74.3 Å². The predicted molar refractivity (Wildman–Crippen MR) is 89.3 cm³/mol. The number of aliphatic hydroxyl groups is 1. The number of aromatic nitrogens is 2. The van der Waals surface area contributed by atoms with Crippen LogP contribution in [0.5, 0.6) is 0 Å². The van der Waals surface area contributed by atoms with Crippen molar-refractivity contribution >= 4 is 45.9 Å². The van der Waals surface area contributed by atoms with Gasteiger partial charge in [0, 0.05) is 16.7 Å². The van der Waals surface area contributed by atoms with Gasteiger partial charge in [-0.2, -0.15) is 0 Å². The van der Waals surface area contributed by atoms with Crippen molar-refractivity contribution in [2.24, 2.45) is 0 Å². The van der Waals surface area contributed by atoms with Crippen LogP contribution in [0.15, 0.2) is 47.3 Å². The summed E-state index contributed by atoms with van der Waals surface area (Å²) < 4.78 is 0. The van der Waals surface area contributed by atoms with Crippen LogP contribution in [0.3, 0.4) is 0 Å². The quantitative estimate of drug-likeness (QED) is 0.688. The maximum atomic E-state index is 12.0. The van der Waals surface area contributed by atoms with E-state index < -0.39 is 0 Å². The molecule has 1 aromatic heterocycles. The summed E-state index contributed by atoms with van der Waals surface area (Å²) in [6.07, 6.45) is 1.35. The lowest BCUT2D eigenvalue weighted by Gasteiger charge is -2.04. The number of benzene rings is 2. The van der Waals surface area contributed by atoms with Crippen LogP contribution in [0, 0.1) is 0 Å². The normalized spacial score (nSPS) is 11.8. The van der Waals surface area contributed by atoms with Crippen LogP contribution in [0.2, 0.25) is 10.0 Å². The number of aromatic amines is 1. The number of hydrogen-bond donors (Lipinski definition) is 2. The molecule has 6 heteroatoms. The molecule has 0 spiro atoms. The molecular formula is C16H10Cl2N2O2. The summed E-state index contributed by atoms with van der Waals surface area (Å²) in [7, 11) is 0. The molecule has 0 unspecified atom stereocenters. The fourth-order valence-corrected chi connectivity index (χ4v) is 2.58. The summed E-state index contributed by atoms with van der Waals surface area (Å²) in [5.41, 5.74) is 0.682. The van der Waals surface area contributed by atoms with Crippen molar-refractivity contribution in [1.82, 2.24) is 9.97 Å². The van der Waals surface area contributed by atoms with Crippen molar-refractivity contribution < 1.29 is 5.11 Å². The van der Waals surface area contributed by atoms with Gasteiger partial charge in [0.2, 0.25) is 0 Å². The first-order valence-electron chi connectivity index (χ1n) is 6.40. The second-order valence-electron chi connectivity index (χ2n) is 4.62. The number of halogens is 2. The molecule has 22 heavy (non-hydrogen) atoms. The minimum absolute atomic E-state index is 0.111. The van der Waals surface area contributed by atoms with Crippen molar-refractivity contribution in [3.8, 4) is 0 Å². The van der Waals surface area contributed by atoms with E-state index in [0.29, 0.717) is 26.5 Å². The topological polar surface area (TPSA) is 66.0 Å². The molecule has 3 rings (SSSR count). The molecule has 3 aromatic rings. The van der Waals surface area contributed by atoms with Gasteiger partial charge in [-0.25, -0.2) is 4.98 Å². The third-order valence-electron chi connectivity index (χ3n) is 3.11. The van der Waals surface area contributed by atoms with Crippen molar-refractivity contribution in [3.63, 3.8) is 0 Å². The first-order chi connectivity index (χ1) is 10.5. The van der Waals surface area contributed by atoms with Gasteiger partial charge >= 0.3 is 0 Å². The Hall–Kier alpha value is -2.30. The SMILES string of the molecule is O=c1[nH]c(C=C(O)c2ccc(Cl)cc2Cl)nc2ccccc12. The Kier molecular flexibility index (Phi) is 3.88. The zero-order valence-electron chi connectivity index (χ0n) is 11.2. The van der Waals surface area contributed by atoms with E-state index in [0.717, 1.165) is 0 Å². The van der Waals surface area contributed by atoms with Gasteiger partial charge in [0.05, 0.1) is 15.9 Å². The maximum absolute atomic E-state index is 12.0. The number of nitrogens with one attached hydrogen (secondary N) is 1. The Labute approximate surface area is 135 Å². The number of fused-ring (bicyclic) bond motifs is 1. The van der Waals surface area contributed by atoms with Crippen molar-refractivity contribution in [2.45, 2.75) is 0 Å². The summed E-state index contributed by atoms with van der Waals surface area (Å²) in [5.74, 6) is 0.132. The number of nitrogens with zero attached hydrogens (tertiary/aromatic N) is 1. The van der Waals surface area contributed by atoms with E-state index in [4.69, 9.17) is 23.2 Å². The monoisotopic (exact) mass is 332 g/mol. The van der Waals surface area contributed by atoms with E-state index in [-0.39, 0.29) is 17.1 Å². The van der Waals surface area contributed by atoms with Gasteiger partial charge in [0.25, 0.3) is 5.56 Å². The molecule has 0 amide bonds. The minimum Gasteiger partial charge on any atom is -0.507 e. The molecule has 1 heterocycles. The average molecular weight is 333 g/mol. The Morgan fingerprint density at radius 1 is 1.18 bits per heavy atom. The van der Waals surface area contributed by atoms with Crippen LogP contribution in [0.25, 0.3) is 22.7 Å². The predicted octanol–water partition coefficient (Wildman–Crippen LogP) is 4.29. The zero-order valence-corrected chi connectivity index (χ0v) is 12.7. The van der Waals surface area contributed by atoms with Gasteiger partial charge in [-0.1, -0.05) is 35.3 Å². The Morgan fingerprint density at radius 2 is 1.95 bits per heavy atom. The number of hydrogen-bond acceptors (Lipinski definition) is 3. The second kappa shape index (κ2) is 5.83. The zero-order chi connectivity index (χ0) is 15.7. The van der Waals surface area contributed by atoms with E-state index in [1.54, 1.807) is 36.4 Å². The fourth-order valence-electron chi connectivity index (χ4n) is 2.08. The fraction of sp³-hybridized carbons (Fsp3) is 0. The molecule has 0 radical (unpaired) electrons. The Morgan fingerprint density at radius 3 is 2.73 bits per heavy atom. The lowest BCUT2D eigenvalue weighted by atomic mass is 10.1. The van der Waals surface area contributed by atoms with Crippen LogP contribution < -0.4 is 5.56 Å². The van der Waals surface area contributed by atoms with E-state index >= 15 is 0 Å². The Balaban J connectivity index is 2.09. The summed E-state index contributed by atoms with van der Waals surface area (Å²) in [4.78, 5) is 18.9. The molecule has 0 aliphatic carbocycles. The minimum atomic E-state index is -0.271. The molecule has 0 aliphatic rings. The lowest BCUT2D eigenvalue weighted by molar-refractivity contribution is 0.515. The van der Waals surface area contributed by atoms with Gasteiger partial charge in [-0.15, -0.1) is 0 Å². The standard InChI is InChI=1S/C16H10Cl2N2O2/c17-9-5-6-10(12(18)7-9)14(21)8-15-19-13-4-2-1-3-11(13)16(22)20-15/h1-8,21H,(H,19,20,22). The highest BCUT2D eigenvalue weighted by molar-refractivity contribution is 6.35. The molecule has 4 nitrogen and oxygen atoms in total. The first-order valence-corrected chi connectivity index (χ1v) is 7.15. The van der Waals surface area contributed by atoms with Gasteiger partial charge in [0.15, 0.2) is 0 Å². The Bertz CT molecular complexity index is 948.